The molecule has 1 aliphatic rings. The number of thioether (sulfide) groups is 1. The molecule has 0 radical (unpaired) electrons. The Morgan fingerprint density at radius 2 is 1.32 bits per heavy atom. The quantitative estimate of drug-likeness (QED) is 0.0340. The second-order valence-electron chi connectivity index (χ2n) is 17.4. The third-order valence-corrected chi connectivity index (χ3v) is 11.7. The van der Waals surface area contributed by atoms with Gasteiger partial charge in [0.1, 0.15) is 42.3 Å². The van der Waals surface area contributed by atoms with E-state index in [4.69, 9.17) is 11.5 Å². The second-order valence-corrected chi connectivity index (χ2v) is 18.4. The van der Waals surface area contributed by atoms with Crippen LogP contribution >= 0.6 is 11.8 Å². The van der Waals surface area contributed by atoms with Crippen molar-refractivity contribution >= 4 is 76.8 Å². The number of imidazole rings is 1. The van der Waals surface area contributed by atoms with Crippen LogP contribution < -0.4 is 54.0 Å². The molecule has 29 heteroatoms. The van der Waals surface area contributed by atoms with Gasteiger partial charge in [-0.05, 0) is 50.0 Å². The molecule has 2 heterocycles. The molecule has 2 rings (SSSR count). The number of carboxylic acid groups (broad SMARTS) is 1. The monoisotopic (exact) mass is 1030 g/mol. The molecular weight excluding hydrogens is 959 g/mol. The van der Waals surface area contributed by atoms with Crippen LogP contribution in [-0.4, -0.2) is 199 Å². The van der Waals surface area contributed by atoms with E-state index in [0.717, 1.165) is 4.90 Å². The fourth-order valence-corrected chi connectivity index (χ4v) is 7.54. The summed E-state index contributed by atoms with van der Waals surface area (Å²) in [5.74, 6) is -11.4. The van der Waals surface area contributed by atoms with Gasteiger partial charge in [0.2, 0.25) is 59.1 Å². The van der Waals surface area contributed by atoms with Crippen molar-refractivity contribution < 1.29 is 73.2 Å². The average molecular weight is 1030 g/mol. The number of hydrogen-bond donors (Lipinski definition) is 15. The summed E-state index contributed by atoms with van der Waals surface area (Å²) in [5.41, 5.74) is 11.7. The minimum Gasteiger partial charge on any atom is -0.480 e. The van der Waals surface area contributed by atoms with E-state index in [1.165, 1.54) is 31.2 Å². The van der Waals surface area contributed by atoms with Crippen LogP contribution in [0.3, 0.4) is 0 Å². The second kappa shape index (κ2) is 29.7. The zero-order chi connectivity index (χ0) is 53.7. The number of nitrogens with one attached hydrogen (secondary N) is 9. The number of rotatable bonds is 30. The van der Waals surface area contributed by atoms with Crippen LogP contribution in [0.25, 0.3) is 0 Å². The summed E-state index contributed by atoms with van der Waals surface area (Å²) < 4.78 is 0. The molecule has 1 fully saturated rings. The molecule has 0 unspecified atom stereocenters. The van der Waals surface area contributed by atoms with Gasteiger partial charge in [-0.15, -0.1) is 0 Å². The fourth-order valence-electron chi connectivity index (χ4n) is 7.07. The van der Waals surface area contributed by atoms with Crippen LogP contribution in [0.5, 0.6) is 0 Å². The van der Waals surface area contributed by atoms with Crippen molar-refractivity contribution in [1.82, 2.24) is 57.4 Å². The van der Waals surface area contributed by atoms with Gasteiger partial charge in [-0.25, -0.2) is 9.78 Å². The van der Waals surface area contributed by atoms with Gasteiger partial charge in [-0.2, -0.15) is 11.8 Å². The third-order valence-electron chi connectivity index (χ3n) is 11.0. The summed E-state index contributed by atoms with van der Waals surface area (Å²) in [6.07, 6.45) is 2.80. The number of H-pyrrole nitrogens is 1. The van der Waals surface area contributed by atoms with E-state index in [1.807, 2.05) is 0 Å². The fraction of sp³-hybridized carbons (Fsp3) is 0.667. The Hall–Kier alpha value is -6.43. The molecule has 0 bridgehead atoms. The highest BCUT2D eigenvalue weighted by Crippen LogP contribution is 2.20. The molecule has 10 atom stereocenters. The molecule has 0 aliphatic carbocycles. The number of nitrogens with zero attached hydrogens (tertiary/aromatic N) is 2. The van der Waals surface area contributed by atoms with Crippen LogP contribution in [0, 0.1) is 11.8 Å². The van der Waals surface area contributed by atoms with Crippen molar-refractivity contribution in [3.63, 3.8) is 0 Å². The summed E-state index contributed by atoms with van der Waals surface area (Å²) in [6, 6.07) is -12.9. The van der Waals surface area contributed by atoms with Gasteiger partial charge in [-0.3, -0.25) is 47.9 Å². The zero-order valence-electron chi connectivity index (χ0n) is 40.4. The molecule has 398 valence electrons. The SMILES string of the molecule is CSCC[C@H](NC(=O)[C@@H]1CCCN1C(=O)[C@H](CO)NC(=O)[C@H](CO)NC(=O)[C@H](CC(N)=O)NC(=O)[C@@H](N)Cc1cnc[nH]1)C(=O)N[C@H](C(=O)NCC(=O)N[C@H](C(=O)N[C@H](C(=O)O)[C@@H](C)O)C(C)C)C(C)C. The molecule has 0 aromatic carbocycles. The predicted molar refractivity (Wildman–Crippen MR) is 252 cm³/mol. The highest BCUT2D eigenvalue weighted by Gasteiger charge is 2.40. The standard InChI is InChI=1S/C42H69N13O15S/c1-19(2)31(39(66)46-15-30(60)52-32(20(3)4)40(67)54-33(21(5)58)42(69)70)53-35(62)24(9-11-71-6)48-38(65)28-8-7-10-55(28)41(68)27(17-57)51-37(64)26(16-56)50-36(63)25(13-29(44)59)49-34(61)23(43)12-22-14-45-18-47-22/h14,18-21,23-28,31-33,56-58H,7-13,15-17,43H2,1-6H3,(H2,44,59)(H,45,47)(H,46,66)(H,48,65)(H,49,61)(H,50,63)(H,51,64)(H,52,60)(H,53,62)(H,54,67)(H,69,70)/t21-,23+,24+,25+,26+,27+,28+,31+,32+,33+/m1/s1. The summed E-state index contributed by atoms with van der Waals surface area (Å²) in [6.45, 7) is 4.82. The maximum absolute atomic E-state index is 13.8. The molecule has 71 heavy (non-hydrogen) atoms. The number of aliphatic hydroxyl groups excluding tert-OH is 3. The summed E-state index contributed by atoms with van der Waals surface area (Å²) in [4.78, 5) is 151. The van der Waals surface area contributed by atoms with E-state index < -0.39 is 164 Å². The van der Waals surface area contributed by atoms with Crippen LogP contribution in [0.15, 0.2) is 12.5 Å². The van der Waals surface area contributed by atoms with Gasteiger partial charge >= 0.3 is 5.97 Å². The molecule has 1 aromatic heterocycles. The van der Waals surface area contributed by atoms with E-state index in [9.17, 15) is 73.2 Å². The van der Waals surface area contributed by atoms with Crippen LogP contribution in [0.1, 0.15) is 66.0 Å². The van der Waals surface area contributed by atoms with Gasteiger partial charge in [0, 0.05) is 24.9 Å². The molecular formula is C42H69N13O15S. The average Bonchev–Trinajstić information content (AvgIpc) is 4.02. The smallest absolute Gasteiger partial charge is 0.328 e. The normalized spacial score (nSPS) is 17.2. The Balaban J connectivity index is 2.13. The maximum Gasteiger partial charge on any atom is 0.328 e. The Labute approximate surface area is 413 Å². The van der Waals surface area contributed by atoms with E-state index >= 15 is 0 Å². The van der Waals surface area contributed by atoms with Crippen molar-refractivity contribution in [2.24, 2.45) is 23.3 Å². The minimum atomic E-state index is -1.79. The number of aromatic nitrogens is 2. The van der Waals surface area contributed by atoms with Crippen LogP contribution in [0.4, 0.5) is 0 Å². The Kier molecular flexibility index (Phi) is 25.4. The molecule has 1 aliphatic heterocycles. The predicted octanol–water partition coefficient (Wildman–Crippen LogP) is -6.83. The number of carboxylic acids is 1. The first-order valence-corrected chi connectivity index (χ1v) is 24.1. The van der Waals surface area contributed by atoms with Crippen molar-refractivity contribution in [2.45, 2.75) is 127 Å². The Bertz CT molecular complexity index is 2030. The molecule has 1 aromatic rings. The van der Waals surface area contributed by atoms with Gasteiger partial charge in [-0.1, -0.05) is 27.7 Å². The number of primary amides is 1. The van der Waals surface area contributed by atoms with Crippen molar-refractivity contribution in [1.29, 1.82) is 0 Å². The van der Waals surface area contributed by atoms with E-state index in [0.29, 0.717) is 17.9 Å². The minimum absolute atomic E-state index is 0.0153. The number of amides is 10. The first kappa shape index (κ1) is 60.7. The molecule has 17 N–H and O–H groups in total. The van der Waals surface area contributed by atoms with Gasteiger partial charge in [0.05, 0.1) is 44.7 Å². The third kappa shape index (κ3) is 19.4. The van der Waals surface area contributed by atoms with Gasteiger partial charge in [0.25, 0.3) is 0 Å². The number of carbonyl (C=O) groups is 11. The number of aromatic amines is 1. The number of aliphatic carboxylic acids is 1. The molecule has 10 amide bonds. The Morgan fingerprint density at radius 1 is 0.761 bits per heavy atom. The van der Waals surface area contributed by atoms with Crippen molar-refractivity contribution in [3.8, 4) is 0 Å². The summed E-state index contributed by atoms with van der Waals surface area (Å²) in [7, 11) is 0. The van der Waals surface area contributed by atoms with Crippen LogP contribution in [-0.2, 0) is 59.2 Å². The van der Waals surface area contributed by atoms with Gasteiger partial charge in [0.15, 0.2) is 6.04 Å². The highest BCUT2D eigenvalue weighted by molar-refractivity contribution is 7.98. The topological polar surface area (TPSA) is 449 Å². The number of nitrogens with two attached hydrogens (primary N) is 2. The summed E-state index contributed by atoms with van der Waals surface area (Å²) >= 11 is 1.35. The highest BCUT2D eigenvalue weighted by atomic mass is 32.2. The van der Waals surface area contributed by atoms with E-state index in [1.54, 1.807) is 34.0 Å². The Morgan fingerprint density at radius 3 is 1.86 bits per heavy atom. The summed E-state index contributed by atoms with van der Waals surface area (Å²) in [5, 5.41) is 58.3. The molecule has 1 saturated heterocycles. The number of aliphatic hydroxyl groups is 3. The van der Waals surface area contributed by atoms with Crippen molar-refractivity contribution in [3.05, 3.63) is 18.2 Å². The lowest BCUT2D eigenvalue weighted by molar-refractivity contribution is -0.145. The van der Waals surface area contributed by atoms with Gasteiger partial charge < -0.3 is 84.3 Å². The van der Waals surface area contributed by atoms with E-state index in [-0.39, 0.29) is 25.8 Å². The molecule has 0 saturated carbocycles. The zero-order valence-corrected chi connectivity index (χ0v) is 41.2. The largest absolute Gasteiger partial charge is 0.480 e. The first-order chi connectivity index (χ1) is 33.4. The van der Waals surface area contributed by atoms with Crippen LogP contribution in [0.2, 0.25) is 0 Å². The number of carbonyl (C=O) groups excluding carboxylic acids is 10. The lowest BCUT2D eigenvalue weighted by Gasteiger charge is -2.30. The number of likely N-dealkylation sites (tertiary alicyclic amines) is 1. The van der Waals surface area contributed by atoms with E-state index in [2.05, 4.69) is 52.5 Å². The maximum atomic E-state index is 13.8. The first-order valence-electron chi connectivity index (χ1n) is 22.7. The lowest BCUT2D eigenvalue weighted by Crippen LogP contribution is -2.61. The lowest BCUT2D eigenvalue weighted by atomic mass is 10.0. The van der Waals surface area contributed by atoms with Crippen molar-refractivity contribution in [2.75, 3.05) is 38.3 Å². The number of hydrogen-bond acceptors (Lipinski definition) is 17. The molecule has 0 spiro atoms. The molecule has 28 nitrogen and oxygen atoms in total.